The first kappa shape index (κ1) is 12.0. The van der Waals surface area contributed by atoms with Gasteiger partial charge in [0.15, 0.2) is 5.78 Å². The smallest absolute Gasteiger partial charge is 0.245 e. The summed E-state index contributed by atoms with van der Waals surface area (Å²) in [5.41, 5.74) is 0. The number of alkyl halides is 1. The molecular formula is C10H17ClO3. The van der Waals surface area contributed by atoms with E-state index >= 15 is 0 Å². The Labute approximate surface area is 89.7 Å². The van der Waals surface area contributed by atoms with Gasteiger partial charge in [-0.1, -0.05) is 0 Å². The van der Waals surface area contributed by atoms with Crippen LogP contribution in [0.15, 0.2) is 0 Å². The molecule has 1 aliphatic carbocycles. The fraction of sp³-hybridized carbons (Fsp3) is 0.900. The second-order valence-electron chi connectivity index (χ2n) is 3.32. The average Bonchev–Trinajstić information content (AvgIpc) is 2.15. The molecule has 1 aliphatic rings. The minimum absolute atomic E-state index is 0.0209. The standard InChI is InChI=1S/C10H17ClO3/c1-3-13-10(14-4-2)8(11)6-5-7-9(10)12/h8H,3-7H2,1-2H3. The van der Waals surface area contributed by atoms with Crippen LogP contribution in [-0.4, -0.2) is 30.2 Å². The third-order valence-electron chi connectivity index (χ3n) is 2.38. The molecule has 0 amide bonds. The van der Waals surface area contributed by atoms with Crippen molar-refractivity contribution in [1.29, 1.82) is 0 Å². The van der Waals surface area contributed by atoms with Gasteiger partial charge in [-0.15, -0.1) is 11.6 Å². The van der Waals surface area contributed by atoms with Crippen LogP contribution in [0.25, 0.3) is 0 Å². The molecule has 14 heavy (non-hydrogen) atoms. The third-order valence-corrected chi connectivity index (χ3v) is 2.89. The molecule has 0 bridgehead atoms. The Bertz CT molecular complexity index is 200. The fourth-order valence-electron chi connectivity index (χ4n) is 1.79. The summed E-state index contributed by atoms with van der Waals surface area (Å²) in [4.78, 5) is 11.8. The van der Waals surface area contributed by atoms with Gasteiger partial charge >= 0.3 is 0 Å². The minimum Gasteiger partial charge on any atom is -0.343 e. The Morgan fingerprint density at radius 2 is 2.00 bits per heavy atom. The molecule has 0 saturated heterocycles. The molecule has 0 heterocycles. The third kappa shape index (κ3) is 2.10. The summed E-state index contributed by atoms with van der Waals surface area (Å²) in [6.45, 7) is 4.56. The molecule has 1 atom stereocenters. The second-order valence-corrected chi connectivity index (χ2v) is 3.84. The summed E-state index contributed by atoms with van der Waals surface area (Å²) in [7, 11) is 0. The van der Waals surface area contributed by atoms with Crippen molar-refractivity contribution in [3.8, 4) is 0 Å². The Morgan fingerprint density at radius 3 is 2.43 bits per heavy atom. The van der Waals surface area contributed by atoms with Gasteiger partial charge < -0.3 is 9.47 Å². The summed E-state index contributed by atoms with van der Waals surface area (Å²) in [5.74, 6) is -1.20. The highest BCUT2D eigenvalue weighted by molar-refractivity contribution is 6.23. The highest BCUT2D eigenvalue weighted by Gasteiger charge is 2.48. The maximum Gasteiger partial charge on any atom is 0.245 e. The molecule has 1 fully saturated rings. The van der Waals surface area contributed by atoms with E-state index in [0.29, 0.717) is 19.6 Å². The fourth-order valence-corrected chi connectivity index (χ4v) is 2.20. The largest absolute Gasteiger partial charge is 0.343 e. The SMILES string of the molecule is CCOC1(OCC)C(=O)CCCC1Cl. The summed E-state index contributed by atoms with van der Waals surface area (Å²) >= 11 is 6.12. The molecule has 0 aromatic carbocycles. The average molecular weight is 221 g/mol. The zero-order valence-corrected chi connectivity index (χ0v) is 9.47. The van der Waals surface area contributed by atoms with E-state index < -0.39 is 5.79 Å². The van der Waals surface area contributed by atoms with Gasteiger partial charge in [-0.2, -0.15) is 0 Å². The molecule has 0 spiro atoms. The normalized spacial score (nSPS) is 26.5. The van der Waals surface area contributed by atoms with E-state index in [4.69, 9.17) is 21.1 Å². The lowest BCUT2D eigenvalue weighted by Crippen LogP contribution is -2.54. The van der Waals surface area contributed by atoms with Crippen LogP contribution < -0.4 is 0 Å². The van der Waals surface area contributed by atoms with Crippen molar-refractivity contribution in [2.24, 2.45) is 0 Å². The summed E-state index contributed by atoms with van der Waals surface area (Å²) in [6.07, 6.45) is 2.10. The van der Waals surface area contributed by atoms with Crippen LogP contribution in [0.5, 0.6) is 0 Å². The zero-order chi connectivity index (χ0) is 10.6. The van der Waals surface area contributed by atoms with Crippen molar-refractivity contribution >= 4 is 17.4 Å². The highest BCUT2D eigenvalue weighted by atomic mass is 35.5. The van der Waals surface area contributed by atoms with Gasteiger partial charge in [0, 0.05) is 19.6 Å². The number of carbonyl (C=O) groups excluding carboxylic acids is 1. The predicted octanol–water partition coefficient (Wildman–Crippen LogP) is 2.12. The zero-order valence-electron chi connectivity index (χ0n) is 8.72. The monoisotopic (exact) mass is 220 g/mol. The number of ketones is 1. The van der Waals surface area contributed by atoms with Crippen molar-refractivity contribution in [1.82, 2.24) is 0 Å². The second kappa shape index (κ2) is 5.10. The van der Waals surface area contributed by atoms with Gasteiger partial charge in [0.25, 0.3) is 0 Å². The lowest BCUT2D eigenvalue weighted by molar-refractivity contribution is -0.231. The van der Waals surface area contributed by atoms with E-state index in [9.17, 15) is 4.79 Å². The maximum atomic E-state index is 11.8. The van der Waals surface area contributed by atoms with Gasteiger partial charge in [-0.3, -0.25) is 4.79 Å². The number of rotatable bonds is 4. The number of ether oxygens (including phenoxy) is 2. The number of halogens is 1. The van der Waals surface area contributed by atoms with Gasteiger partial charge in [0.05, 0.1) is 5.38 Å². The van der Waals surface area contributed by atoms with Crippen molar-refractivity contribution in [3.63, 3.8) is 0 Å². The van der Waals surface area contributed by atoms with Gasteiger partial charge in [-0.25, -0.2) is 0 Å². The van der Waals surface area contributed by atoms with Crippen molar-refractivity contribution < 1.29 is 14.3 Å². The lowest BCUT2D eigenvalue weighted by Gasteiger charge is -2.38. The molecule has 0 aliphatic heterocycles. The number of carbonyl (C=O) groups is 1. The number of Topliss-reactive ketones (excluding diaryl/α,β-unsaturated/α-hetero) is 1. The Hall–Kier alpha value is -0.120. The van der Waals surface area contributed by atoms with Crippen LogP contribution >= 0.6 is 11.6 Å². The van der Waals surface area contributed by atoms with Crippen LogP contribution in [0, 0.1) is 0 Å². The molecule has 1 rings (SSSR count). The summed E-state index contributed by atoms with van der Waals surface area (Å²) in [5, 5.41) is -0.358. The molecule has 0 aromatic rings. The van der Waals surface area contributed by atoms with E-state index in [1.807, 2.05) is 13.8 Å². The van der Waals surface area contributed by atoms with Crippen LogP contribution in [0.2, 0.25) is 0 Å². The number of hydrogen-bond acceptors (Lipinski definition) is 3. The van der Waals surface area contributed by atoms with E-state index in [-0.39, 0.29) is 11.2 Å². The Kier molecular flexibility index (Phi) is 4.35. The minimum atomic E-state index is -1.18. The maximum absolute atomic E-state index is 11.8. The van der Waals surface area contributed by atoms with E-state index in [1.54, 1.807) is 0 Å². The quantitative estimate of drug-likeness (QED) is 0.538. The first-order valence-corrected chi connectivity index (χ1v) is 5.56. The van der Waals surface area contributed by atoms with Crippen molar-refractivity contribution in [2.45, 2.75) is 44.3 Å². The molecule has 0 N–H and O–H groups in total. The Balaban J connectivity index is 2.83. The molecule has 0 aromatic heterocycles. The van der Waals surface area contributed by atoms with Gasteiger partial charge in [-0.05, 0) is 26.7 Å². The molecule has 4 heteroatoms. The van der Waals surface area contributed by atoms with Crippen LogP contribution in [-0.2, 0) is 14.3 Å². The topological polar surface area (TPSA) is 35.5 Å². The lowest BCUT2D eigenvalue weighted by atomic mass is 9.92. The number of hydrogen-bond donors (Lipinski definition) is 0. The molecule has 82 valence electrons. The van der Waals surface area contributed by atoms with Gasteiger partial charge in [0.2, 0.25) is 5.79 Å². The highest BCUT2D eigenvalue weighted by Crippen LogP contribution is 2.34. The first-order chi connectivity index (χ1) is 6.67. The van der Waals surface area contributed by atoms with E-state index in [1.165, 1.54) is 0 Å². The molecular weight excluding hydrogens is 204 g/mol. The van der Waals surface area contributed by atoms with Gasteiger partial charge in [0.1, 0.15) is 0 Å². The van der Waals surface area contributed by atoms with Crippen molar-refractivity contribution in [2.75, 3.05) is 13.2 Å². The molecule has 1 unspecified atom stereocenters. The molecule has 3 nitrogen and oxygen atoms in total. The van der Waals surface area contributed by atoms with Crippen LogP contribution in [0.4, 0.5) is 0 Å². The van der Waals surface area contributed by atoms with Crippen LogP contribution in [0.1, 0.15) is 33.1 Å². The van der Waals surface area contributed by atoms with Crippen molar-refractivity contribution in [3.05, 3.63) is 0 Å². The van der Waals surface area contributed by atoms with E-state index in [0.717, 1.165) is 12.8 Å². The van der Waals surface area contributed by atoms with E-state index in [2.05, 4.69) is 0 Å². The Morgan fingerprint density at radius 1 is 1.43 bits per heavy atom. The summed E-state index contributed by atoms with van der Waals surface area (Å²) in [6, 6.07) is 0. The molecule has 1 saturated carbocycles. The predicted molar refractivity (Wildman–Crippen MR) is 54.5 cm³/mol. The first-order valence-electron chi connectivity index (χ1n) is 5.12. The summed E-state index contributed by atoms with van der Waals surface area (Å²) < 4.78 is 10.9. The van der Waals surface area contributed by atoms with Crippen LogP contribution in [0.3, 0.4) is 0 Å². The molecule has 0 radical (unpaired) electrons.